The second kappa shape index (κ2) is 4.96. The predicted molar refractivity (Wildman–Crippen MR) is 68.2 cm³/mol. The third-order valence-corrected chi connectivity index (χ3v) is 5.75. The molecular weight excluding hydrogens is 246 g/mol. The summed E-state index contributed by atoms with van der Waals surface area (Å²) in [5.74, 6) is 0.564. The molecule has 0 aliphatic carbocycles. The molecular formula is C12H14F2S2. The molecule has 0 spiro atoms. The molecule has 1 saturated heterocycles. The van der Waals surface area contributed by atoms with Crippen LogP contribution >= 0.6 is 23.5 Å². The van der Waals surface area contributed by atoms with E-state index < -0.39 is 11.6 Å². The summed E-state index contributed by atoms with van der Waals surface area (Å²) < 4.78 is 27.7. The molecule has 88 valence electrons. The quantitative estimate of drug-likeness (QED) is 0.743. The summed E-state index contributed by atoms with van der Waals surface area (Å²) in [6.45, 7) is 3.74. The Hall–Kier alpha value is -0.220. The van der Waals surface area contributed by atoms with Gasteiger partial charge in [-0.15, -0.1) is 23.5 Å². The van der Waals surface area contributed by atoms with Crippen molar-refractivity contribution in [2.45, 2.75) is 24.3 Å². The molecule has 0 atom stereocenters. The van der Waals surface area contributed by atoms with E-state index >= 15 is 0 Å². The van der Waals surface area contributed by atoms with Gasteiger partial charge in [0.2, 0.25) is 0 Å². The summed E-state index contributed by atoms with van der Waals surface area (Å²) in [7, 11) is 0. The first-order valence-corrected chi connectivity index (χ1v) is 7.37. The summed E-state index contributed by atoms with van der Waals surface area (Å²) in [5, 5.41) is 0. The maximum absolute atomic E-state index is 13.8. The average Bonchev–Trinajstić information content (AvgIpc) is 2.28. The van der Waals surface area contributed by atoms with Crippen molar-refractivity contribution in [2.24, 2.45) is 0 Å². The molecule has 16 heavy (non-hydrogen) atoms. The Morgan fingerprint density at radius 3 is 2.38 bits per heavy atom. The monoisotopic (exact) mass is 260 g/mol. The zero-order valence-corrected chi connectivity index (χ0v) is 10.9. The van der Waals surface area contributed by atoms with E-state index in [9.17, 15) is 8.78 Å². The fourth-order valence-electron chi connectivity index (χ4n) is 1.76. The lowest BCUT2D eigenvalue weighted by Crippen LogP contribution is -2.16. The summed E-state index contributed by atoms with van der Waals surface area (Å²) in [5.41, 5.74) is 0.917. The SMILES string of the molecule is Cc1ccc(C2CSC(C)SC2)c(F)c1F. The van der Waals surface area contributed by atoms with Crippen molar-refractivity contribution in [3.63, 3.8) is 0 Å². The molecule has 0 saturated carbocycles. The van der Waals surface area contributed by atoms with Gasteiger partial charge in [0, 0.05) is 22.0 Å². The Kier molecular flexibility index (Phi) is 3.80. The Morgan fingerprint density at radius 2 is 1.75 bits per heavy atom. The summed E-state index contributed by atoms with van der Waals surface area (Å²) in [6.07, 6.45) is 0. The van der Waals surface area contributed by atoms with Gasteiger partial charge in [0.05, 0.1) is 0 Å². The van der Waals surface area contributed by atoms with Crippen LogP contribution in [0.25, 0.3) is 0 Å². The van der Waals surface area contributed by atoms with Crippen molar-refractivity contribution in [1.29, 1.82) is 0 Å². The maximum atomic E-state index is 13.8. The van der Waals surface area contributed by atoms with Gasteiger partial charge in [-0.25, -0.2) is 8.78 Å². The van der Waals surface area contributed by atoms with Gasteiger partial charge in [-0.2, -0.15) is 0 Å². The van der Waals surface area contributed by atoms with Crippen LogP contribution in [0.1, 0.15) is 24.0 Å². The molecule has 0 bridgehead atoms. The van der Waals surface area contributed by atoms with Gasteiger partial charge in [0.15, 0.2) is 11.6 Å². The normalized spacial score (nSPS) is 25.8. The van der Waals surface area contributed by atoms with Crippen molar-refractivity contribution in [3.8, 4) is 0 Å². The molecule has 1 aliphatic heterocycles. The van der Waals surface area contributed by atoms with E-state index in [0.29, 0.717) is 15.7 Å². The molecule has 0 radical (unpaired) electrons. The Bertz CT molecular complexity index is 385. The minimum Gasteiger partial charge on any atom is -0.203 e. The minimum atomic E-state index is -0.689. The van der Waals surface area contributed by atoms with Gasteiger partial charge >= 0.3 is 0 Å². The first-order chi connectivity index (χ1) is 7.59. The molecule has 1 aromatic rings. The van der Waals surface area contributed by atoms with E-state index in [1.807, 2.05) is 23.5 Å². The molecule has 1 aromatic carbocycles. The summed E-state index contributed by atoms with van der Waals surface area (Å²) in [6, 6.07) is 3.40. The van der Waals surface area contributed by atoms with Crippen LogP contribution in [0, 0.1) is 18.6 Å². The smallest absolute Gasteiger partial charge is 0.162 e. The number of thioether (sulfide) groups is 2. The van der Waals surface area contributed by atoms with Crippen LogP contribution in [0.2, 0.25) is 0 Å². The highest BCUT2D eigenvalue weighted by Gasteiger charge is 2.24. The van der Waals surface area contributed by atoms with Crippen LogP contribution < -0.4 is 0 Å². The van der Waals surface area contributed by atoms with Crippen molar-refractivity contribution in [3.05, 3.63) is 34.9 Å². The van der Waals surface area contributed by atoms with Crippen molar-refractivity contribution in [2.75, 3.05) is 11.5 Å². The fraction of sp³-hybridized carbons (Fsp3) is 0.500. The minimum absolute atomic E-state index is 0.140. The Balaban J connectivity index is 2.24. The molecule has 1 aliphatic rings. The lowest BCUT2D eigenvalue weighted by molar-refractivity contribution is 0.489. The lowest BCUT2D eigenvalue weighted by atomic mass is 10.0. The molecule has 0 nitrogen and oxygen atoms in total. The molecule has 1 fully saturated rings. The number of aryl methyl sites for hydroxylation is 1. The highest BCUT2D eigenvalue weighted by molar-refractivity contribution is 8.17. The standard InChI is InChI=1S/C12H14F2S2/c1-7-3-4-10(12(14)11(7)13)9-5-15-8(2)16-6-9/h3-4,8-9H,5-6H2,1-2H3. The molecule has 4 heteroatoms. The second-order valence-electron chi connectivity index (χ2n) is 4.03. The lowest BCUT2D eigenvalue weighted by Gasteiger charge is -2.26. The van der Waals surface area contributed by atoms with Crippen LogP contribution in [-0.4, -0.2) is 16.1 Å². The zero-order valence-electron chi connectivity index (χ0n) is 9.30. The largest absolute Gasteiger partial charge is 0.203 e. The van der Waals surface area contributed by atoms with E-state index in [-0.39, 0.29) is 5.92 Å². The van der Waals surface area contributed by atoms with Crippen LogP contribution in [0.4, 0.5) is 8.78 Å². The highest BCUT2D eigenvalue weighted by Crippen LogP contribution is 2.39. The van der Waals surface area contributed by atoms with Crippen molar-refractivity contribution >= 4 is 23.5 Å². The number of benzene rings is 1. The van der Waals surface area contributed by atoms with Gasteiger partial charge in [-0.3, -0.25) is 0 Å². The molecule has 0 N–H and O–H groups in total. The Labute approximate surface area is 103 Å². The van der Waals surface area contributed by atoms with Crippen molar-refractivity contribution < 1.29 is 8.78 Å². The molecule has 0 amide bonds. The van der Waals surface area contributed by atoms with Gasteiger partial charge in [0.25, 0.3) is 0 Å². The number of halogens is 2. The molecule has 2 rings (SSSR count). The van der Waals surface area contributed by atoms with Crippen molar-refractivity contribution in [1.82, 2.24) is 0 Å². The van der Waals surface area contributed by atoms with E-state index in [1.165, 1.54) is 0 Å². The zero-order chi connectivity index (χ0) is 11.7. The third-order valence-electron chi connectivity index (χ3n) is 2.81. The molecule has 0 unspecified atom stereocenters. The summed E-state index contributed by atoms with van der Waals surface area (Å²) >= 11 is 3.63. The number of hydrogen-bond acceptors (Lipinski definition) is 2. The van der Waals surface area contributed by atoms with E-state index in [0.717, 1.165) is 11.5 Å². The molecule has 1 heterocycles. The fourth-order valence-corrected chi connectivity index (χ4v) is 4.36. The second-order valence-corrected chi connectivity index (χ2v) is 7.08. The predicted octanol–water partition coefficient (Wildman–Crippen LogP) is 4.18. The highest BCUT2D eigenvalue weighted by atomic mass is 32.2. The average molecular weight is 260 g/mol. The third kappa shape index (κ3) is 2.38. The maximum Gasteiger partial charge on any atom is 0.162 e. The van der Waals surface area contributed by atoms with E-state index in [4.69, 9.17) is 0 Å². The van der Waals surface area contributed by atoms with Crippen LogP contribution in [0.5, 0.6) is 0 Å². The first-order valence-electron chi connectivity index (χ1n) is 5.27. The van der Waals surface area contributed by atoms with Crippen LogP contribution in [-0.2, 0) is 0 Å². The molecule has 0 aromatic heterocycles. The number of hydrogen-bond donors (Lipinski definition) is 0. The van der Waals surface area contributed by atoms with E-state index in [1.54, 1.807) is 19.1 Å². The van der Waals surface area contributed by atoms with Gasteiger partial charge in [-0.1, -0.05) is 12.1 Å². The summed E-state index contributed by atoms with van der Waals surface area (Å²) in [4.78, 5) is 0. The van der Waals surface area contributed by atoms with Crippen LogP contribution in [0.3, 0.4) is 0 Å². The topological polar surface area (TPSA) is 0 Å². The Morgan fingerprint density at radius 1 is 1.12 bits per heavy atom. The number of rotatable bonds is 1. The van der Waals surface area contributed by atoms with Gasteiger partial charge < -0.3 is 0 Å². The first kappa shape index (κ1) is 12.2. The van der Waals surface area contributed by atoms with Gasteiger partial charge in [-0.05, 0) is 25.0 Å². The van der Waals surface area contributed by atoms with Gasteiger partial charge in [0.1, 0.15) is 0 Å². The van der Waals surface area contributed by atoms with Crippen LogP contribution in [0.15, 0.2) is 12.1 Å². The van der Waals surface area contributed by atoms with E-state index in [2.05, 4.69) is 6.92 Å².